The van der Waals surface area contributed by atoms with Crippen LogP contribution in [0.25, 0.3) is 0 Å². The van der Waals surface area contributed by atoms with Gasteiger partial charge in [0.15, 0.2) is 0 Å². The van der Waals surface area contributed by atoms with Crippen molar-refractivity contribution in [3.05, 3.63) is 24.3 Å². The summed E-state index contributed by atoms with van der Waals surface area (Å²) in [5.74, 6) is 0. The first kappa shape index (κ1) is 10.9. The monoisotopic (exact) mass is 192 g/mol. The molecule has 2 heteroatoms. The second-order valence-electron chi connectivity index (χ2n) is 3.25. The summed E-state index contributed by atoms with van der Waals surface area (Å²) in [7, 11) is 0. The number of rotatable bonds is 5. The summed E-state index contributed by atoms with van der Waals surface area (Å²) in [6.45, 7) is 9.58. The van der Waals surface area contributed by atoms with Crippen molar-refractivity contribution in [1.29, 1.82) is 0 Å². The highest BCUT2D eigenvalue weighted by Gasteiger charge is 2.00. The van der Waals surface area contributed by atoms with Crippen LogP contribution in [0, 0.1) is 0 Å². The Morgan fingerprint density at radius 3 is 2.00 bits per heavy atom. The lowest BCUT2D eigenvalue weighted by atomic mass is 10.2. The Morgan fingerprint density at radius 2 is 1.57 bits per heavy atom. The molecule has 0 aliphatic rings. The average Bonchev–Trinajstić information content (AvgIpc) is 2.23. The number of benzene rings is 1. The number of hydrogen-bond donors (Lipinski definition) is 1. The Kier molecular flexibility index (Phi) is 4.30. The Morgan fingerprint density at radius 1 is 1.00 bits per heavy atom. The molecule has 0 atom stereocenters. The van der Waals surface area contributed by atoms with Crippen LogP contribution in [0.2, 0.25) is 0 Å². The van der Waals surface area contributed by atoms with E-state index in [4.69, 9.17) is 0 Å². The fourth-order valence-corrected chi connectivity index (χ4v) is 1.58. The molecule has 0 radical (unpaired) electrons. The lowest BCUT2D eigenvalue weighted by molar-refractivity contribution is 0.866. The third-order valence-corrected chi connectivity index (χ3v) is 2.38. The summed E-state index contributed by atoms with van der Waals surface area (Å²) in [4.78, 5) is 2.34. The maximum Gasteiger partial charge on any atom is 0.0367 e. The van der Waals surface area contributed by atoms with E-state index in [9.17, 15) is 0 Å². The summed E-state index contributed by atoms with van der Waals surface area (Å²) in [5.41, 5.74) is 2.50. The Hall–Kier alpha value is -1.18. The minimum atomic E-state index is 0.977. The van der Waals surface area contributed by atoms with Crippen LogP contribution < -0.4 is 10.2 Å². The third-order valence-electron chi connectivity index (χ3n) is 2.38. The second-order valence-corrected chi connectivity index (χ2v) is 3.25. The van der Waals surface area contributed by atoms with Crippen molar-refractivity contribution < 1.29 is 0 Å². The van der Waals surface area contributed by atoms with Crippen LogP contribution in [-0.2, 0) is 0 Å². The first-order valence-electron chi connectivity index (χ1n) is 5.40. The molecule has 1 aromatic rings. The van der Waals surface area contributed by atoms with Crippen LogP contribution in [-0.4, -0.2) is 19.6 Å². The van der Waals surface area contributed by atoms with Crippen LogP contribution in [0.4, 0.5) is 11.4 Å². The van der Waals surface area contributed by atoms with Gasteiger partial charge in [0.2, 0.25) is 0 Å². The minimum Gasteiger partial charge on any atom is -0.385 e. The SMILES string of the molecule is CCNc1ccc(N(CC)CC)cc1. The fraction of sp³-hybridized carbons (Fsp3) is 0.500. The fourth-order valence-electron chi connectivity index (χ4n) is 1.58. The summed E-state index contributed by atoms with van der Waals surface area (Å²) >= 11 is 0. The molecule has 0 saturated heterocycles. The highest BCUT2D eigenvalue weighted by molar-refractivity contribution is 5.54. The van der Waals surface area contributed by atoms with E-state index in [1.165, 1.54) is 11.4 Å². The van der Waals surface area contributed by atoms with Crippen molar-refractivity contribution in [2.24, 2.45) is 0 Å². The van der Waals surface area contributed by atoms with Gasteiger partial charge in [-0.25, -0.2) is 0 Å². The number of nitrogens with zero attached hydrogens (tertiary/aromatic N) is 1. The van der Waals surface area contributed by atoms with E-state index in [0.717, 1.165) is 19.6 Å². The predicted molar refractivity (Wildman–Crippen MR) is 64.2 cm³/mol. The molecule has 0 saturated carbocycles. The number of anilines is 2. The van der Waals surface area contributed by atoms with Gasteiger partial charge < -0.3 is 10.2 Å². The van der Waals surface area contributed by atoms with E-state index in [2.05, 4.69) is 55.3 Å². The van der Waals surface area contributed by atoms with Gasteiger partial charge in [-0.15, -0.1) is 0 Å². The van der Waals surface area contributed by atoms with Gasteiger partial charge in [0.05, 0.1) is 0 Å². The lowest BCUT2D eigenvalue weighted by Gasteiger charge is -2.21. The summed E-state index contributed by atoms with van der Waals surface area (Å²) in [5, 5.41) is 3.29. The van der Waals surface area contributed by atoms with Crippen molar-refractivity contribution in [3.63, 3.8) is 0 Å². The Bertz CT molecular complexity index is 250. The van der Waals surface area contributed by atoms with E-state index in [-0.39, 0.29) is 0 Å². The van der Waals surface area contributed by atoms with E-state index >= 15 is 0 Å². The maximum atomic E-state index is 3.29. The van der Waals surface area contributed by atoms with Crippen LogP contribution >= 0.6 is 0 Å². The molecule has 14 heavy (non-hydrogen) atoms. The first-order valence-corrected chi connectivity index (χ1v) is 5.40. The van der Waals surface area contributed by atoms with Crippen LogP contribution in [0.5, 0.6) is 0 Å². The zero-order valence-corrected chi connectivity index (χ0v) is 9.38. The highest BCUT2D eigenvalue weighted by atomic mass is 15.1. The summed E-state index contributed by atoms with van der Waals surface area (Å²) in [6, 6.07) is 8.62. The largest absolute Gasteiger partial charge is 0.385 e. The maximum absolute atomic E-state index is 3.29. The standard InChI is InChI=1S/C12H20N2/c1-4-13-11-7-9-12(10-8-11)14(5-2)6-3/h7-10,13H,4-6H2,1-3H3. The molecule has 0 aliphatic carbocycles. The van der Waals surface area contributed by atoms with Gasteiger partial charge in [-0.2, -0.15) is 0 Å². The van der Waals surface area contributed by atoms with E-state index in [1.807, 2.05) is 0 Å². The molecular formula is C12H20N2. The molecule has 0 unspecified atom stereocenters. The van der Waals surface area contributed by atoms with Gasteiger partial charge in [0.1, 0.15) is 0 Å². The Balaban J connectivity index is 2.71. The van der Waals surface area contributed by atoms with Crippen molar-refractivity contribution >= 4 is 11.4 Å². The molecule has 1 rings (SSSR count). The van der Waals surface area contributed by atoms with Crippen LogP contribution in [0.1, 0.15) is 20.8 Å². The zero-order valence-electron chi connectivity index (χ0n) is 9.38. The van der Waals surface area contributed by atoms with E-state index in [0.29, 0.717) is 0 Å². The normalized spacial score (nSPS) is 9.93. The molecule has 1 N–H and O–H groups in total. The van der Waals surface area contributed by atoms with Crippen molar-refractivity contribution in [2.75, 3.05) is 29.9 Å². The van der Waals surface area contributed by atoms with Gasteiger partial charge in [-0.3, -0.25) is 0 Å². The molecule has 78 valence electrons. The van der Waals surface area contributed by atoms with Crippen LogP contribution in [0.3, 0.4) is 0 Å². The summed E-state index contributed by atoms with van der Waals surface area (Å²) < 4.78 is 0. The van der Waals surface area contributed by atoms with Gasteiger partial charge in [0.25, 0.3) is 0 Å². The molecule has 0 bridgehead atoms. The lowest BCUT2D eigenvalue weighted by Crippen LogP contribution is -2.21. The van der Waals surface area contributed by atoms with E-state index < -0.39 is 0 Å². The second kappa shape index (κ2) is 5.53. The topological polar surface area (TPSA) is 15.3 Å². The van der Waals surface area contributed by atoms with Gasteiger partial charge >= 0.3 is 0 Å². The zero-order chi connectivity index (χ0) is 10.4. The molecule has 1 aromatic carbocycles. The van der Waals surface area contributed by atoms with Crippen molar-refractivity contribution in [1.82, 2.24) is 0 Å². The smallest absolute Gasteiger partial charge is 0.0367 e. The number of hydrogen-bond acceptors (Lipinski definition) is 2. The van der Waals surface area contributed by atoms with Gasteiger partial charge in [-0.05, 0) is 45.0 Å². The van der Waals surface area contributed by atoms with E-state index in [1.54, 1.807) is 0 Å². The van der Waals surface area contributed by atoms with Gasteiger partial charge in [-0.1, -0.05) is 0 Å². The molecule has 0 fully saturated rings. The van der Waals surface area contributed by atoms with Crippen molar-refractivity contribution in [3.8, 4) is 0 Å². The molecule has 0 aromatic heterocycles. The first-order chi connectivity index (χ1) is 6.81. The molecule has 0 aliphatic heterocycles. The molecule has 2 nitrogen and oxygen atoms in total. The number of nitrogens with one attached hydrogen (secondary N) is 1. The Labute approximate surface area is 86.9 Å². The quantitative estimate of drug-likeness (QED) is 0.771. The predicted octanol–water partition coefficient (Wildman–Crippen LogP) is 2.96. The molecule has 0 amide bonds. The molecular weight excluding hydrogens is 172 g/mol. The van der Waals surface area contributed by atoms with Crippen LogP contribution in [0.15, 0.2) is 24.3 Å². The minimum absolute atomic E-state index is 0.977. The average molecular weight is 192 g/mol. The molecule has 0 heterocycles. The highest BCUT2D eigenvalue weighted by Crippen LogP contribution is 2.17. The summed E-state index contributed by atoms with van der Waals surface area (Å²) in [6.07, 6.45) is 0. The van der Waals surface area contributed by atoms with Crippen molar-refractivity contribution in [2.45, 2.75) is 20.8 Å². The third kappa shape index (κ3) is 2.66. The molecule has 0 spiro atoms. The van der Waals surface area contributed by atoms with Gasteiger partial charge in [0, 0.05) is 31.0 Å².